The molecule has 2 heterocycles. The number of hydrogen-bond donors (Lipinski definition) is 1. The summed E-state index contributed by atoms with van der Waals surface area (Å²) < 4.78 is 0. The molecule has 1 radical (unpaired) electrons. The topological polar surface area (TPSA) is 54.5 Å². The number of rotatable bonds is 1. The zero-order chi connectivity index (χ0) is 7.52. The highest BCUT2D eigenvalue weighted by atomic mass is 15.1. The first-order valence-electron chi connectivity index (χ1n) is 3.14. The molecule has 4 nitrogen and oxygen atoms in total. The van der Waals surface area contributed by atoms with E-state index in [1.54, 1.807) is 24.8 Å². The van der Waals surface area contributed by atoms with Crippen molar-refractivity contribution in [3.8, 4) is 11.4 Å². The van der Waals surface area contributed by atoms with Crippen molar-refractivity contribution in [1.29, 1.82) is 0 Å². The van der Waals surface area contributed by atoms with Crippen LogP contribution in [0.25, 0.3) is 11.4 Å². The first-order valence-corrected chi connectivity index (χ1v) is 3.14. The van der Waals surface area contributed by atoms with E-state index in [0.717, 1.165) is 5.69 Å². The van der Waals surface area contributed by atoms with E-state index in [2.05, 4.69) is 26.2 Å². The third-order valence-corrected chi connectivity index (χ3v) is 1.26. The summed E-state index contributed by atoms with van der Waals surface area (Å²) in [7, 11) is 0. The van der Waals surface area contributed by atoms with Crippen LogP contribution in [0.2, 0.25) is 0 Å². The van der Waals surface area contributed by atoms with Crippen molar-refractivity contribution in [3.63, 3.8) is 0 Å². The molecule has 0 aliphatic rings. The quantitative estimate of drug-likeness (QED) is 0.641. The van der Waals surface area contributed by atoms with E-state index in [1.807, 2.05) is 0 Å². The van der Waals surface area contributed by atoms with Gasteiger partial charge in [-0.2, -0.15) is 5.10 Å². The Labute approximate surface area is 63.3 Å². The van der Waals surface area contributed by atoms with Gasteiger partial charge in [0.25, 0.3) is 0 Å². The van der Waals surface area contributed by atoms with Gasteiger partial charge in [-0.1, -0.05) is 0 Å². The monoisotopic (exact) mass is 145 g/mol. The van der Waals surface area contributed by atoms with E-state index in [-0.39, 0.29) is 0 Å². The van der Waals surface area contributed by atoms with Crippen LogP contribution in [0.1, 0.15) is 0 Å². The minimum absolute atomic E-state index is 0.693. The third-order valence-electron chi connectivity index (χ3n) is 1.26. The molecular formula is C7H5N4. The Balaban J connectivity index is 2.46. The zero-order valence-corrected chi connectivity index (χ0v) is 5.65. The molecule has 0 aliphatic carbocycles. The molecule has 0 aliphatic heterocycles. The molecule has 0 amide bonds. The van der Waals surface area contributed by atoms with Gasteiger partial charge in [0.1, 0.15) is 11.4 Å². The summed E-state index contributed by atoms with van der Waals surface area (Å²) in [5, 5.41) is 6.56. The maximum atomic E-state index is 4.04. The van der Waals surface area contributed by atoms with Crippen molar-refractivity contribution in [3.05, 3.63) is 30.9 Å². The minimum atomic E-state index is 0.693. The van der Waals surface area contributed by atoms with Crippen molar-refractivity contribution in [2.45, 2.75) is 0 Å². The number of aromatic amines is 1. The lowest BCUT2D eigenvalue weighted by Gasteiger charge is -1.89. The van der Waals surface area contributed by atoms with Gasteiger partial charge < -0.3 is 0 Å². The number of nitrogens with one attached hydrogen (secondary N) is 1. The minimum Gasteiger partial charge on any atom is -0.284 e. The van der Waals surface area contributed by atoms with Gasteiger partial charge in [0.05, 0.1) is 6.20 Å². The molecule has 0 saturated heterocycles. The summed E-state index contributed by atoms with van der Waals surface area (Å²) in [5.41, 5.74) is 1.42. The van der Waals surface area contributed by atoms with Crippen LogP contribution in [0.15, 0.2) is 24.8 Å². The van der Waals surface area contributed by atoms with E-state index < -0.39 is 0 Å². The first-order chi connectivity index (χ1) is 5.47. The van der Waals surface area contributed by atoms with Crippen molar-refractivity contribution >= 4 is 0 Å². The van der Waals surface area contributed by atoms with E-state index in [9.17, 15) is 0 Å². The predicted octanol–water partition coefficient (Wildman–Crippen LogP) is 0.667. The van der Waals surface area contributed by atoms with Gasteiger partial charge in [-0.05, 0) is 0 Å². The zero-order valence-electron chi connectivity index (χ0n) is 5.65. The molecule has 2 rings (SSSR count). The van der Waals surface area contributed by atoms with Crippen LogP contribution >= 0.6 is 0 Å². The molecule has 0 bridgehead atoms. The van der Waals surface area contributed by atoms with Gasteiger partial charge in [0, 0.05) is 24.7 Å². The van der Waals surface area contributed by atoms with Crippen LogP contribution in [-0.2, 0) is 0 Å². The van der Waals surface area contributed by atoms with Crippen LogP contribution in [-0.4, -0.2) is 20.2 Å². The molecule has 0 fully saturated rings. The standard InChI is InChI=1S/C7H5N4/c1-2-10-11-6(1)7-5-8-3-4-9-7/h2-5H,(H,10,11). The summed E-state index contributed by atoms with van der Waals surface area (Å²) in [5.74, 6) is 0. The van der Waals surface area contributed by atoms with Crippen molar-refractivity contribution in [2.75, 3.05) is 0 Å². The second-order valence-corrected chi connectivity index (χ2v) is 1.97. The Morgan fingerprint density at radius 3 is 3.00 bits per heavy atom. The summed E-state index contributed by atoms with van der Waals surface area (Å²) in [4.78, 5) is 7.95. The largest absolute Gasteiger partial charge is 0.284 e. The normalized spacial score (nSPS) is 9.82. The lowest BCUT2D eigenvalue weighted by atomic mass is 10.3. The summed E-state index contributed by atoms with van der Waals surface area (Å²) in [6.45, 7) is 0. The van der Waals surface area contributed by atoms with Gasteiger partial charge in [0.15, 0.2) is 0 Å². The van der Waals surface area contributed by atoms with Crippen LogP contribution in [0.3, 0.4) is 0 Å². The molecule has 0 aromatic carbocycles. The Kier molecular flexibility index (Phi) is 1.37. The van der Waals surface area contributed by atoms with Crippen LogP contribution < -0.4 is 0 Å². The summed E-state index contributed by atoms with van der Waals surface area (Å²) >= 11 is 0. The molecule has 53 valence electrons. The number of H-pyrrole nitrogens is 1. The molecule has 2 aromatic rings. The van der Waals surface area contributed by atoms with Crippen molar-refractivity contribution < 1.29 is 0 Å². The Morgan fingerprint density at radius 2 is 2.36 bits per heavy atom. The lowest BCUT2D eigenvalue weighted by molar-refractivity contribution is 1.08. The van der Waals surface area contributed by atoms with Crippen molar-refractivity contribution in [1.82, 2.24) is 20.2 Å². The molecular weight excluding hydrogens is 140 g/mol. The Bertz CT molecular complexity index is 313. The van der Waals surface area contributed by atoms with Crippen molar-refractivity contribution in [2.24, 2.45) is 0 Å². The molecule has 1 N–H and O–H groups in total. The highest BCUT2D eigenvalue weighted by Crippen LogP contribution is 2.08. The van der Waals surface area contributed by atoms with E-state index >= 15 is 0 Å². The van der Waals surface area contributed by atoms with Crippen LogP contribution in [0, 0.1) is 6.07 Å². The van der Waals surface area contributed by atoms with Crippen LogP contribution in [0.5, 0.6) is 0 Å². The van der Waals surface area contributed by atoms with Gasteiger partial charge in [-0.3, -0.25) is 15.1 Å². The highest BCUT2D eigenvalue weighted by molar-refractivity contribution is 5.49. The number of hydrogen-bond acceptors (Lipinski definition) is 3. The fourth-order valence-electron chi connectivity index (χ4n) is 0.782. The van der Waals surface area contributed by atoms with Gasteiger partial charge >= 0.3 is 0 Å². The fraction of sp³-hybridized carbons (Fsp3) is 0. The van der Waals surface area contributed by atoms with Gasteiger partial charge in [-0.15, -0.1) is 0 Å². The van der Waals surface area contributed by atoms with Crippen LogP contribution in [0.4, 0.5) is 0 Å². The second kappa shape index (κ2) is 2.49. The number of aromatic nitrogens is 4. The molecule has 0 spiro atoms. The third kappa shape index (κ3) is 1.10. The molecule has 0 saturated carbocycles. The molecule has 4 heteroatoms. The fourth-order valence-corrected chi connectivity index (χ4v) is 0.782. The van der Waals surface area contributed by atoms with E-state index in [4.69, 9.17) is 0 Å². The number of nitrogens with zero attached hydrogens (tertiary/aromatic N) is 3. The summed E-state index contributed by atoms with van der Waals surface area (Å²) in [6.07, 6.45) is 6.52. The van der Waals surface area contributed by atoms with E-state index in [0.29, 0.717) is 5.69 Å². The molecule has 0 atom stereocenters. The SMILES string of the molecule is [c]1c[nH]nc1-c1cnccn1. The smallest absolute Gasteiger partial charge is 0.120 e. The second-order valence-electron chi connectivity index (χ2n) is 1.97. The molecule has 2 aromatic heterocycles. The predicted molar refractivity (Wildman–Crippen MR) is 38.4 cm³/mol. The highest BCUT2D eigenvalue weighted by Gasteiger charge is 1.98. The molecule has 0 unspecified atom stereocenters. The Morgan fingerprint density at radius 1 is 1.36 bits per heavy atom. The molecule has 11 heavy (non-hydrogen) atoms. The Hall–Kier alpha value is -1.71. The average molecular weight is 145 g/mol. The lowest BCUT2D eigenvalue weighted by Crippen LogP contribution is -1.83. The van der Waals surface area contributed by atoms with Gasteiger partial charge in [0.2, 0.25) is 0 Å². The van der Waals surface area contributed by atoms with Gasteiger partial charge in [-0.25, -0.2) is 0 Å². The maximum absolute atomic E-state index is 4.04. The maximum Gasteiger partial charge on any atom is 0.120 e. The van der Waals surface area contributed by atoms with E-state index in [1.165, 1.54) is 0 Å². The summed E-state index contributed by atoms with van der Waals surface area (Å²) in [6, 6.07) is 2.88. The average Bonchev–Trinajstić information content (AvgIpc) is 2.58. The first kappa shape index (κ1) is 6.03.